The van der Waals surface area contributed by atoms with E-state index in [9.17, 15) is 44.6 Å². The summed E-state index contributed by atoms with van der Waals surface area (Å²) in [6.45, 7) is 3.24. The van der Waals surface area contributed by atoms with Crippen molar-refractivity contribution in [2.75, 3.05) is 13.2 Å². The lowest BCUT2D eigenvalue weighted by molar-refractivity contribution is -0.220. The largest absolute Gasteiger partial charge is 0.472 e. The van der Waals surface area contributed by atoms with Crippen LogP contribution in [0.1, 0.15) is 174 Å². The molecule has 0 heterocycles. The summed E-state index contributed by atoms with van der Waals surface area (Å²) in [6, 6.07) is 0. The molecule has 13 nitrogen and oxygen atoms in total. The van der Waals surface area contributed by atoms with Crippen molar-refractivity contribution in [2.24, 2.45) is 0 Å². The lowest BCUT2D eigenvalue weighted by Crippen LogP contribution is -2.64. The summed E-state index contributed by atoms with van der Waals surface area (Å²) in [7, 11) is -5.11. The first-order valence-corrected chi connectivity index (χ1v) is 23.1. The summed E-state index contributed by atoms with van der Waals surface area (Å²) in [5, 5.41) is 50.0. The number of hydrogen-bond acceptors (Lipinski definition) is 12. The van der Waals surface area contributed by atoms with Crippen molar-refractivity contribution in [3.8, 4) is 0 Å². The van der Waals surface area contributed by atoms with E-state index in [2.05, 4.69) is 38.2 Å². The normalized spacial score (nSPS) is 23.1. The zero-order valence-corrected chi connectivity index (χ0v) is 35.3. The van der Waals surface area contributed by atoms with Gasteiger partial charge in [0.15, 0.2) is 6.10 Å². The zero-order valence-electron chi connectivity index (χ0n) is 34.4. The predicted octanol–water partition coefficient (Wildman–Crippen LogP) is 7.67. The van der Waals surface area contributed by atoms with Crippen molar-refractivity contribution in [1.82, 2.24) is 0 Å². The molecule has 0 saturated heterocycles. The maximum Gasteiger partial charge on any atom is 0.472 e. The third-order valence-corrected chi connectivity index (χ3v) is 11.0. The molecule has 1 aliphatic carbocycles. The van der Waals surface area contributed by atoms with Crippen LogP contribution in [0.15, 0.2) is 24.3 Å². The minimum absolute atomic E-state index is 0.0864. The van der Waals surface area contributed by atoms with Crippen molar-refractivity contribution in [1.29, 1.82) is 0 Å². The Labute approximate surface area is 336 Å². The Morgan fingerprint density at radius 3 is 1.39 bits per heavy atom. The number of allylic oxidation sites excluding steroid dienone is 4. The minimum Gasteiger partial charge on any atom is -0.462 e. The van der Waals surface area contributed by atoms with Gasteiger partial charge in [0, 0.05) is 12.8 Å². The molecule has 0 aromatic rings. The number of aliphatic hydroxyl groups is 5. The molecule has 328 valence electrons. The molecule has 0 amide bonds. The summed E-state index contributed by atoms with van der Waals surface area (Å²) in [4.78, 5) is 35.6. The summed E-state index contributed by atoms with van der Waals surface area (Å²) in [5.41, 5.74) is 0. The number of carbonyl (C=O) groups excluding carboxylic acids is 2. The molecule has 0 spiro atoms. The Morgan fingerprint density at radius 1 is 0.536 bits per heavy atom. The van der Waals surface area contributed by atoms with E-state index in [1.807, 2.05) is 0 Å². The van der Waals surface area contributed by atoms with Gasteiger partial charge in [-0.3, -0.25) is 18.6 Å². The van der Waals surface area contributed by atoms with E-state index in [4.69, 9.17) is 18.5 Å². The molecule has 1 saturated carbocycles. The Morgan fingerprint density at radius 2 is 0.911 bits per heavy atom. The van der Waals surface area contributed by atoms with E-state index in [1.54, 1.807) is 0 Å². The Bertz CT molecular complexity index is 1090. The fourth-order valence-electron chi connectivity index (χ4n) is 6.45. The molecule has 0 aromatic heterocycles. The highest BCUT2D eigenvalue weighted by Gasteiger charge is 2.51. The highest BCUT2D eigenvalue weighted by molar-refractivity contribution is 7.47. The SMILES string of the molecule is CCCCC/C=C/CCCCCCCC(=O)OC[C@H](COP(=O)(O)OC1C(O)C(O)C(O)[C@H](O)C1O)OC(=O)CCCCCCC/C=C/CCCCCCCC. The highest BCUT2D eigenvalue weighted by Crippen LogP contribution is 2.47. The molecular weight excluding hydrogens is 743 g/mol. The number of esters is 2. The zero-order chi connectivity index (χ0) is 41.4. The molecule has 14 heteroatoms. The second-order valence-electron chi connectivity index (χ2n) is 15.2. The number of unbranched alkanes of at least 4 members (excludes halogenated alkanes) is 19. The molecule has 1 rings (SSSR count). The maximum atomic E-state index is 12.8. The molecule has 0 aromatic carbocycles. The van der Waals surface area contributed by atoms with Crippen molar-refractivity contribution < 1.29 is 63.1 Å². The average Bonchev–Trinajstić information content (AvgIpc) is 3.18. The fraction of sp³-hybridized carbons (Fsp3) is 0.857. The summed E-state index contributed by atoms with van der Waals surface area (Å²) in [6.07, 6.45) is 21.0. The van der Waals surface area contributed by atoms with Gasteiger partial charge < -0.3 is 39.9 Å². The van der Waals surface area contributed by atoms with Gasteiger partial charge >= 0.3 is 19.8 Å². The Balaban J connectivity index is 2.51. The number of rotatable bonds is 35. The topological polar surface area (TPSA) is 210 Å². The van der Waals surface area contributed by atoms with Crippen LogP contribution in [0.2, 0.25) is 0 Å². The smallest absolute Gasteiger partial charge is 0.462 e. The monoisotopic (exact) mass is 821 g/mol. The van der Waals surface area contributed by atoms with Crippen molar-refractivity contribution in [3.05, 3.63) is 24.3 Å². The van der Waals surface area contributed by atoms with E-state index in [1.165, 1.54) is 57.8 Å². The molecule has 0 radical (unpaired) electrons. The van der Waals surface area contributed by atoms with Crippen LogP contribution >= 0.6 is 7.82 Å². The van der Waals surface area contributed by atoms with Crippen LogP contribution in [0.3, 0.4) is 0 Å². The van der Waals surface area contributed by atoms with Gasteiger partial charge in [0.2, 0.25) is 0 Å². The molecule has 0 aliphatic heterocycles. The maximum absolute atomic E-state index is 12.8. The molecule has 56 heavy (non-hydrogen) atoms. The van der Waals surface area contributed by atoms with Gasteiger partial charge in [0.05, 0.1) is 6.61 Å². The number of phosphoric ester groups is 1. The van der Waals surface area contributed by atoms with E-state index in [0.29, 0.717) is 12.8 Å². The van der Waals surface area contributed by atoms with Gasteiger partial charge in [-0.15, -0.1) is 0 Å². The Hall–Kier alpha value is -1.67. The van der Waals surface area contributed by atoms with Crippen molar-refractivity contribution in [3.63, 3.8) is 0 Å². The first-order chi connectivity index (χ1) is 26.9. The number of aliphatic hydroxyl groups excluding tert-OH is 5. The van der Waals surface area contributed by atoms with Gasteiger partial charge in [-0.1, -0.05) is 122 Å². The number of carbonyl (C=O) groups is 2. The molecule has 1 fully saturated rings. The first-order valence-electron chi connectivity index (χ1n) is 21.6. The van der Waals surface area contributed by atoms with E-state index in [0.717, 1.165) is 77.0 Å². The molecule has 6 N–H and O–H groups in total. The van der Waals surface area contributed by atoms with Crippen LogP contribution in [0.4, 0.5) is 0 Å². The number of hydrogen-bond donors (Lipinski definition) is 6. The van der Waals surface area contributed by atoms with Crippen LogP contribution < -0.4 is 0 Å². The quantitative estimate of drug-likeness (QED) is 0.0157. The van der Waals surface area contributed by atoms with Gasteiger partial charge in [0.25, 0.3) is 0 Å². The molecule has 1 aliphatic rings. The second kappa shape index (κ2) is 33.2. The standard InChI is InChI=1S/C42H77O13P/c1-3-5-7-9-11-13-15-17-18-19-21-23-25-27-29-31-36(44)54-34(32-52-35(43)30-28-26-24-22-20-16-14-12-10-8-6-4-2)33-53-56(50,51)55-42-40(48)38(46)37(45)39(47)41(42)49/h12,14,17-18,34,37-42,45-49H,3-11,13,15-16,19-33H2,1-2H3,(H,50,51)/b14-12+,18-17+/t34-,37?,38+,39?,40?,41?,42?/m1/s1. The minimum atomic E-state index is -5.11. The lowest BCUT2D eigenvalue weighted by Gasteiger charge is -2.41. The van der Waals surface area contributed by atoms with Gasteiger partial charge in [-0.25, -0.2) is 4.57 Å². The van der Waals surface area contributed by atoms with Crippen molar-refractivity contribution >= 4 is 19.8 Å². The van der Waals surface area contributed by atoms with Crippen molar-refractivity contribution in [2.45, 2.75) is 217 Å². The Kier molecular flexibility index (Phi) is 31.0. The second-order valence-corrected chi connectivity index (χ2v) is 16.6. The fourth-order valence-corrected chi connectivity index (χ4v) is 7.42. The van der Waals surface area contributed by atoms with Crippen LogP contribution in [0, 0.1) is 0 Å². The summed E-state index contributed by atoms with van der Waals surface area (Å²) in [5.74, 6) is -1.12. The van der Waals surface area contributed by atoms with Gasteiger partial charge in [-0.05, 0) is 64.2 Å². The van der Waals surface area contributed by atoms with E-state index in [-0.39, 0.29) is 12.8 Å². The number of ether oxygens (including phenoxy) is 2. The first kappa shape index (κ1) is 52.3. The van der Waals surface area contributed by atoms with Crippen LogP contribution in [0.25, 0.3) is 0 Å². The van der Waals surface area contributed by atoms with Crippen LogP contribution in [-0.4, -0.2) is 98.3 Å². The van der Waals surface area contributed by atoms with E-state index < -0.39 is 75.7 Å². The highest BCUT2D eigenvalue weighted by atomic mass is 31.2. The number of phosphoric acid groups is 1. The molecule has 8 atom stereocenters. The summed E-state index contributed by atoms with van der Waals surface area (Å²) < 4.78 is 33.4. The molecular formula is C42H77O13P. The predicted molar refractivity (Wildman–Crippen MR) is 217 cm³/mol. The summed E-state index contributed by atoms with van der Waals surface area (Å²) >= 11 is 0. The van der Waals surface area contributed by atoms with Crippen LogP contribution in [-0.2, 0) is 32.7 Å². The van der Waals surface area contributed by atoms with E-state index >= 15 is 0 Å². The van der Waals surface area contributed by atoms with Gasteiger partial charge in [0.1, 0.15) is 43.2 Å². The molecule has 6 unspecified atom stereocenters. The third-order valence-electron chi connectivity index (χ3n) is 10.0. The third kappa shape index (κ3) is 25.6. The van der Waals surface area contributed by atoms with Gasteiger partial charge in [-0.2, -0.15) is 0 Å². The average molecular weight is 821 g/mol. The lowest BCUT2D eigenvalue weighted by atomic mass is 9.85. The van der Waals surface area contributed by atoms with Crippen LogP contribution in [0.5, 0.6) is 0 Å². The molecule has 0 bridgehead atoms.